The van der Waals surface area contributed by atoms with Crippen molar-refractivity contribution < 1.29 is 19.1 Å². The molecule has 2 aromatic rings. The van der Waals surface area contributed by atoms with Gasteiger partial charge in [0, 0.05) is 11.6 Å². The van der Waals surface area contributed by atoms with E-state index in [0.29, 0.717) is 32.0 Å². The second-order valence-electron chi connectivity index (χ2n) is 5.37. The topological polar surface area (TPSA) is 70.8 Å². The first kappa shape index (κ1) is 19.0. The molecular formula is C17H11Cl2NO4S2. The second kappa shape index (κ2) is 7.44. The summed E-state index contributed by atoms with van der Waals surface area (Å²) in [6.07, 6.45) is 1.52. The average Bonchev–Trinajstić information content (AvgIpc) is 3.15. The highest BCUT2D eigenvalue weighted by atomic mass is 35.5. The van der Waals surface area contributed by atoms with Gasteiger partial charge >= 0.3 is 5.97 Å². The number of rotatable bonds is 4. The molecule has 5 nitrogen and oxygen atoms in total. The highest BCUT2D eigenvalue weighted by Gasteiger charge is 2.38. The second-order valence-corrected chi connectivity index (χ2v) is 7.83. The fraction of sp³-hybridized carbons (Fsp3) is 0.118. The van der Waals surface area contributed by atoms with Gasteiger partial charge in [0.05, 0.1) is 15.0 Å². The number of hydrogen-bond donors (Lipinski definition) is 1. The summed E-state index contributed by atoms with van der Waals surface area (Å²) in [5.74, 6) is -0.676. The molecule has 9 heteroatoms. The minimum Gasteiger partial charge on any atom is -0.480 e. The van der Waals surface area contributed by atoms with Crippen LogP contribution >= 0.6 is 47.2 Å². The van der Waals surface area contributed by atoms with E-state index in [2.05, 4.69) is 0 Å². The maximum atomic E-state index is 12.4. The van der Waals surface area contributed by atoms with Crippen molar-refractivity contribution in [2.45, 2.75) is 13.0 Å². The highest BCUT2D eigenvalue weighted by Crippen LogP contribution is 2.37. The van der Waals surface area contributed by atoms with Crippen LogP contribution in [0.4, 0.5) is 0 Å². The lowest BCUT2D eigenvalue weighted by molar-refractivity contribution is -0.144. The molecule has 1 unspecified atom stereocenters. The van der Waals surface area contributed by atoms with Crippen molar-refractivity contribution >= 4 is 69.5 Å². The summed E-state index contributed by atoms with van der Waals surface area (Å²) in [5.41, 5.74) is 0.630. The number of furan rings is 1. The number of aliphatic carboxylic acids is 1. The first-order valence-corrected chi connectivity index (χ1v) is 9.31. The van der Waals surface area contributed by atoms with Crippen molar-refractivity contribution in [3.05, 3.63) is 51.0 Å². The fourth-order valence-electron chi connectivity index (χ4n) is 2.32. The van der Waals surface area contributed by atoms with E-state index < -0.39 is 17.9 Å². The van der Waals surface area contributed by atoms with Crippen LogP contribution in [0.25, 0.3) is 17.4 Å². The molecule has 26 heavy (non-hydrogen) atoms. The quantitative estimate of drug-likeness (QED) is 0.550. The Hall–Kier alpha value is -1.80. The molecule has 1 fully saturated rings. The van der Waals surface area contributed by atoms with E-state index in [9.17, 15) is 9.59 Å². The lowest BCUT2D eigenvalue weighted by atomic mass is 10.2. The van der Waals surface area contributed by atoms with Gasteiger partial charge in [-0.05, 0) is 31.2 Å². The SMILES string of the molecule is CC(C(=O)O)N1C(=O)/C(=C/c2ccc(-c3cccc(Cl)c3Cl)o2)SC1=S. The molecular weight excluding hydrogens is 417 g/mol. The Kier molecular flexibility index (Phi) is 5.43. The Bertz CT molecular complexity index is 954. The van der Waals surface area contributed by atoms with Crippen LogP contribution in [-0.2, 0) is 9.59 Å². The summed E-state index contributed by atoms with van der Waals surface area (Å²) >= 11 is 18.4. The zero-order valence-electron chi connectivity index (χ0n) is 13.2. The summed E-state index contributed by atoms with van der Waals surface area (Å²) in [6, 6.07) is 7.55. The van der Waals surface area contributed by atoms with E-state index in [1.54, 1.807) is 30.3 Å². The molecule has 0 aliphatic carbocycles. The summed E-state index contributed by atoms with van der Waals surface area (Å²) in [4.78, 5) is 25.0. The van der Waals surface area contributed by atoms with E-state index in [0.717, 1.165) is 16.7 Å². The number of nitrogens with zero attached hydrogens (tertiary/aromatic N) is 1. The number of amides is 1. The van der Waals surface area contributed by atoms with Gasteiger partial charge in [0.15, 0.2) is 0 Å². The van der Waals surface area contributed by atoms with Gasteiger partial charge in [-0.3, -0.25) is 9.69 Å². The van der Waals surface area contributed by atoms with Crippen LogP contribution in [0.5, 0.6) is 0 Å². The highest BCUT2D eigenvalue weighted by molar-refractivity contribution is 8.26. The van der Waals surface area contributed by atoms with Crippen molar-refractivity contribution in [2.75, 3.05) is 0 Å². The Morgan fingerprint density at radius 2 is 2.08 bits per heavy atom. The zero-order chi connectivity index (χ0) is 19.0. The van der Waals surface area contributed by atoms with E-state index in [1.807, 2.05) is 0 Å². The largest absolute Gasteiger partial charge is 0.480 e. The first-order valence-electron chi connectivity index (χ1n) is 7.33. The van der Waals surface area contributed by atoms with Crippen LogP contribution in [0.1, 0.15) is 12.7 Å². The third kappa shape index (κ3) is 3.53. The minimum absolute atomic E-state index is 0.195. The van der Waals surface area contributed by atoms with E-state index >= 15 is 0 Å². The molecule has 0 bridgehead atoms. The molecule has 1 aliphatic rings. The molecule has 0 saturated carbocycles. The standard InChI is InChI=1S/C17H11Cl2NO4S2/c1-8(16(22)23)20-15(21)13(26-17(20)25)7-9-5-6-12(24-9)10-3-2-4-11(18)14(10)19/h2-8H,1H3,(H,22,23)/b13-7-. The van der Waals surface area contributed by atoms with Crippen molar-refractivity contribution in [3.8, 4) is 11.3 Å². The van der Waals surface area contributed by atoms with Crippen molar-refractivity contribution in [1.82, 2.24) is 4.90 Å². The van der Waals surface area contributed by atoms with Crippen LogP contribution in [0.3, 0.4) is 0 Å². The zero-order valence-corrected chi connectivity index (χ0v) is 16.4. The third-order valence-electron chi connectivity index (χ3n) is 3.69. The molecule has 0 radical (unpaired) electrons. The number of carbonyl (C=O) groups is 2. The van der Waals surface area contributed by atoms with Gasteiger partial charge in [0.1, 0.15) is 21.9 Å². The Morgan fingerprint density at radius 1 is 1.35 bits per heavy atom. The number of thiocarbonyl (C=S) groups is 1. The Morgan fingerprint density at radius 3 is 2.77 bits per heavy atom. The van der Waals surface area contributed by atoms with E-state index in [-0.39, 0.29) is 4.32 Å². The van der Waals surface area contributed by atoms with Gasteiger partial charge in [-0.15, -0.1) is 0 Å². The Balaban J connectivity index is 1.89. The van der Waals surface area contributed by atoms with Crippen LogP contribution in [-0.4, -0.2) is 32.2 Å². The summed E-state index contributed by atoms with van der Waals surface area (Å²) < 4.78 is 5.93. The summed E-state index contributed by atoms with van der Waals surface area (Å²) in [6.45, 7) is 1.40. The molecule has 1 atom stereocenters. The molecule has 0 spiro atoms. The number of benzene rings is 1. The predicted molar refractivity (Wildman–Crippen MR) is 106 cm³/mol. The average molecular weight is 428 g/mol. The molecule has 2 heterocycles. The summed E-state index contributed by atoms with van der Waals surface area (Å²) in [7, 11) is 0. The van der Waals surface area contributed by atoms with Crippen molar-refractivity contribution in [1.29, 1.82) is 0 Å². The predicted octanol–water partition coefficient (Wildman–Crippen LogP) is 4.93. The fourth-order valence-corrected chi connectivity index (χ4v) is 4.11. The molecule has 1 aromatic heterocycles. The van der Waals surface area contributed by atoms with Gasteiger partial charge in [-0.1, -0.05) is 53.2 Å². The molecule has 1 N–H and O–H groups in total. The lowest BCUT2D eigenvalue weighted by Crippen LogP contribution is -2.41. The van der Waals surface area contributed by atoms with Crippen LogP contribution in [0, 0.1) is 0 Å². The molecule has 1 amide bonds. The monoisotopic (exact) mass is 427 g/mol. The third-order valence-corrected chi connectivity index (χ3v) is 5.83. The van der Waals surface area contributed by atoms with Gasteiger partial charge in [0.25, 0.3) is 5.91 Å². The van der Waals surface area contributed by atoms with Gasteiger partial charge in [-0.25, -0.2) is 4.79 Å². The lowest BCUT2D eigenvalue weighted by Gasteiger charge is -2.18. The van der Waals surface area contributed by atoms with Crippen LogP contribution in [0.15, 0.2) is 39.7 Å². The molecule has 1 aromatic carbocycles. The van der Waals surface area contributed by atoms with E-state index in [1.165, 1.54) is 13.0 Å². The molecule has 3 rings (SSSR count). The normalized spacial score (nSPS) is 17.2. The smallest absolute Gasteiger partial charge is 0.326 e. The van der Waals surface area contributed by atoms with Crippen molar-refractivity contribution in [3.63, 3.8) is 0 Å². The van der Waals surface area contributed by atoms with E-state index in [4.69, 9.17) is 44.9 Å². The molecule has 1 saturated heterocycles. The molecule has 1 aliphatic heterocycles. The van der Waals surface area contributed by atoms with Crippen molar-refractivity contribution in [2.24, 2.45) is 0 Å². The maximum Gasteiger partial charge on any atom is 0.326 e. The molecule has 134 valence electrons. The first-order chi connectivity index (χ1) is 12.3. The van der Waals surface area contributed by atoms with Gasteiger partial charge in [-0.2, -0.15) is 0 Å². The number of carboxylic acids is 1. The summed E-state index contributed by atoms with van der Waals surface area (Å²) in [5, 5.41) is 9.89. The van der Waals surface area contributed by atoms with Crippen LogP contribution < -0.4 is 0 Å². The maximum absolute atomic E-state index is 12.4. The minimum atomic E-state index is -1.13. The Labute approximate surface area is 168 Å². The van der Waals surface area contributed by atoms with Crippen LogP contribution in [0.2, 0.25) is 10.0 Å². The number of thioether (sulfide) groups is 1. The number of hydrogen-bond acceptors (Lipinski definition) is 5. The van der Waals surface area contributed by atoms with Gasteiger partial charge in [0.2, 0.25) is 0 Å². The van der Waals surface area contributed by atoms with Gasteiger partial charge < -0.3 is 9.52 Å². The number of halogens is 2. The number of carboxylic acid groups (broad SMARTS) is 1. The number of carbonyl (C=O) groups excluding carboxylic acids is 1.